The highest BCUT2D eigenvalue weighted by atomic mass is 16.6. The highest BCUT2D eigenvalue weighted by molar-refractivity contribution is 4.41. The summed E-state index contributed by atoms with van der Waals surface area (Å²) in [7, 11) is 0. The Hall–Kier alpha value is -0.280. The van der Waals surface area contributed by atoms with Gasteiger partial charge in [0.25, 0.3) is 0 Å². The molecule has 0 radical (unpaired) electrons. The number of hydrogen-bond acceptors (Lipinski definition) is 7. The highest BCUT2D eigenvalue weighted by Crippen LogP contribution is 2.02. The molecule has 0 saturated carbocycles. The summed E-state index contributed by atoms with van der Waals surface area (Å²) in [5.74, 6) is 0. The Bertz CT molecular complexity index is 208. The van der Waals surface area contributed by atoms with Crippen LogP contribution >= 0.6 is 0 Å². The SMILES string of the molecule is CCCCCCCOCCC.OCCOCCOCCOCCOCCO. The van der Waals surface area contributed by atoms with Gasteiger partial charge < -0.3 is 33.9 Å². The summed E-state index contributed by atoms with van der Waals surface area (Å²) in [6, 6.07) is 0. The van der Waals surface area contributed by atoms with Gasteiger partial charge in [-0.25, -0.2) is 0 Å². The summed E-state index contributed by atoms with van der Waals surface area (Å²) < 4.78 is 25.7. The van der Waals surface area contributed by atoms with Gasteiger partial charge in [0.15, 0.2) is 0 Å². The average Bonchev–Trinajstić information content (AvgIpc) is 2.69. The molecule has 0 amide bonds. The minimum atomic E-state index is 0.0386. The van der Waals surface area contributed by atoms with Crippen molar-refractivity contribution >= 4 is 0 Å². The smallest absolute Gasteiger partial charge is 0.0701 e. The van der Waals surface area contributed by atoms with E-state index in [2.05, 4.69) is 13.8 Å². The third-order valence-electron chi connectivity index (χ3n) is 3.33. The van der Waals surface area contributed by atoms with Crippen LogP contribution < -0.4 is 0 Å². The second-order valence-electron chi connectivity index (χ2n) is 5.92. The van der Waals surface area contributed by atoms with Crippen LogP contribution in [-0.2, 0) is 23.7 Å². The van der Waals surface area contributed by atoms with Crippen LogP contribution in [0.1, 0.15) is 52.4 Å². The largest absolute Gasteiger partial charge is 0.394 e. The van der Waals surface area contributed by atoms with Crippen LogP contribution in [0.5, 0.6) is 0 Å². The second kappa shape index (κ2) is 30.4. The predicted octanol–water partition coefficient (Wildman–Crippen LogP) is 2.42. The molecule has 2 N–H and O–H groups in total. The fourth-order valence-electron chi connectivity index (χ4n) is 1.94. The van der Waals surface area contributed by atoms with Gasteiger partial charge in [-0.15, -0.1) is 0 Å². The number of unbranched alkanes of at least 4 members (excludes halogenated alkanes) is 4. The molecule has 166 valence electrons. The minimum absolute atomic E-state index is 0.0386. The molecule has 0 aromatic rings. The molecule has 0 aliphatic carbocycles. The van der Waals surface area contributed by atoms with Gasteiger partial charge in [0.2, 0.25) is 0 Å². The topological polar surface area (TPSA) is 86.6 Å². The monoisotopic (exact) mass is 396 g/mol. The molecule has 0 fully saturated rings. The van der Waals surface area contributed by atoms with Gasteiger partial charge >= 0.3 is 0 Å². The molecule has 7 nitrogen and oxygen atoms in total. The maximum absolute atomic E-state index is 8.41. The number of ether oxygens (including phenoxy) is 5. The van der Waals surface area contributed by atoms with Crippen molar-refractivity contribution in [2.75, 3.05) is 79.3 Å². The van der Waals surface area contributed by atoms with Crippen molar-refractivity contribution in [1.29, 1.82) is 0 Å². The molecule has 0 aliphatic heterocycles. The van der Waals surface area contributed by atoms with Gasteiger partial charge in [-0.2, -0.15) is 0 Å². The lowest BCUT2D eigenvalue weighted by Gasteiger charge is -2.06. The van der Waals surface area contributed by atoms with Gasteiger partial charge in [0.05, 0.1) is 66.1 Å². The van der Waals surface area contributed by atoms with Gasteiger partial charge in [-0.3, -0.25) is 0 Å². The quantitative estimate of drug-likeness (QED) is 0.288. The van der Waals surface area contributed by atoms with Gasteiger partial charge in [-0.05, 0) is 12.8 Å². The summed E-state index contributed by atoms with van der Waals surface area (Å²) in [4.78, 5) is 0. The fraction of sp³-hybridized carbons (Fsp3) is 1.00. The highest BCUT2D eigenvalue weighted by Gasteiger charge is 1.92. The summed E-state index contributed by atoms with van der Waals surface area (Å²) in [5, 5.41) is 16.8. The van der Waals surface area contributed by atoms with E-state index in [4.69, 9.17) is 33.9 Å². The van der Waals surface area contributed by atoms with Gasteiger partial charge in [0, 0.05) is 13.2 Å². The zero-order valence-corrected chi connectivity index (χ0v) is 17.7. The normalized spacial score (nSPS) is 10.7. The summed E-state index contributed by atoms with van der Waals surface area (Å²) in [6.07, 6.45) is 7.84. The van der Waals surface area contributed by atoms with Crippen molar-refractivity contribution in [1.82, 2.24) is 0 Å². The Balaban J connectivity index is 0. The number of rotatable bonds is 21. The van der Waals surface area contributed by atoms with Crippen molar-refractivity contribution in [3.8, 4) is 0 Å². The Morgan fingerprint density at radius 2 is 0.815 bits per heavy atom. The maximum atomic E-state index is 8.41. The van der Waals surface area contributed by atoms with Crippen molar-refractivity contribution in [2.45, 2.75) is 52.4 Å². The molecule has 0 unspecified atom stereocenters. The zero-order chi connectivity index (χ0) is 20.3. The molecule has 0 atom stereocenters. The van der Waals surface area contributed by atoms with Crippen molar-refractivity contribution in [3.63, 3.8) is 0 Å². The van der Waals surface area contributed by atoms with E-state index < -0.39 is 0 Å². The Kier molecular flexibility index (Phi) is 32.6. The zero-order valence-electron chi connectivity index (χ0n) is 17.7. The molecule has 0 aromatic carbocycles. The van der Waals surface area contributed by atoms with Crippen LogP contribution in [0.4, 0.5) is 0 Å². The molecule has 7 heteroatoms. The molecular formula is C20H44O7. The summed E-state index contributed by atoms with van der Waals surface area (Å²) in [6.45, 7) is 10.1. The minimum Gasteiger partial charge on any atom is -0.394 e. The molecule has 27 heavy (non-hydrogen) atoms. The first-order chi connectivity index (χ1) is 13.3. The first-order valence-electron chi connectivity index (χ1n) is 10.4. The third-order valence-corrected chi connectivity index (χ3v) is 3.33. The Morgan fingerprint density at radius 1 is 0.407 bits per heavy atom. The first-order valence-corrected chi connectivity index (χ1v) is 10.4. The summed E-state index contributed by atoms with van der Waals surface area (Å²) >= 11 is 0. The van der Waals surface area contributed by atoms with Gasteiger partial charge in [0.1, 0.15) is 0 Å². The second-order valence-corrected chi connectivity index (χ2v) is 5.92. The molecule has 0 rings (SSSR count). The Labute approximate surface area is 166 Å². The van der Waals surface area contributed by atoms with E-state index in [0.717, 1.165) is 19.6 Å². The van der Waals surface area contributed by atoms with Crippen LogP contribution in [0.25, 0.3) is 0 Å². The van der Waals surface area contributed by atoms with Crippen molar-refractivity contribution < 1.29 is 33.9 Å². The molecule has 0 heterocycles. The fourth-order valence-corrected chi connectivity index (χ4v) is 1.94. The molecule has 0 aromatic heterocycles. The molecular weight excluding hydrogens is 352 g/mol. The van der Waals surface area contributed by atoms with Crippen molar-refractivity contribution in [2.24, 2.45) is 0 Å². The van der Waals surface area contributed by atoms with Crippen LogP contribution in [0.15, 0.2) is 0 Å². The number of aliphatic hydroxyl groups is 2. The number of aliphatic hydroxyl groups excluding tert-OH is 2. The van der Waals surface area contributed by atoms with E-state index in [1.807, 2.05) is 0 Å². The van der Waals surface area contributed by atoms with Crippen LogP contribution in [-0.4, -0.2) is 89.5 Å². The standard InChI is InChI=1S/C10H22O6.C10H22O/c11-1-3-13-5-7-15-9-10-16-8-6-14-4-2-12;1-3-5-6-7-8-10-11-9-4-2/h11-12H,1-10H2;3-10H2,1-2H3. The average molecular weight is 397 g/mol. The van der Waals surface area contributed by atoms with E-state index in [9.17, 15) is 0 Å². The molecule has 0 aliphatic rings. The van der Waals surface area contributed by atoms with E-state index in [1.165, 1.54) is 32.1 Å². The summed E-state index contributed by atoms with van der Waals surface area (Å²) in [5.41, 5.74) is 0. The van der Waals surface area contributed by atoms with E-state index >= 15 is 0 Å². The predicted molar refractivity (Wildman–Crippen MR) is 107 cm³/mol. The van der Waals surface area contributed by atoms with E-state index in [-0.39, 0.29) is 13.2 Å². The van der Waals surface area contributed by atoms with E-state index in [0.29, 0.717) is 52.9 Å². The van der Waals surface area contributed by atoms with Gasteiger partial charge in [-0.1, -0.05) is 39.5 Å². The Morgan fingerprint density at radius 3 is 1.22 bits per heavy atom. The molecule has 0 bridgehead atoms. The molecule has 0 saturated heterocycles. The van der Waals surface area contributed by atoms with E-state index in [1.54, 1.807) is 0 Å². The lowest BCUT2D eigenvalue weighted by Crippen LogP contribution is -2.13. The maximum Gasteiger partial charge on any atom is 0.0701 e. The van der Waals surface area contributed by atoms with Crippen LogP contribution in [0, 0.1) is 0 Å². The lowest BCUT2D eigenvalue weighted by molar-refractivity contribution is -0.00856. The van der Waals surface area contributed by atoms with Crippen molar-refractivity contribution in [3.05, 3.63) is 0 Å². The van der Waals surface area contributed by atoms with Crippen LogP contribution in [0.3, 0.4) is 0 Å². The first kappa shape index (κ1) is 28.9. The lowest BCUT2D eigenvalue weighted by atomic mass is 10.2. The number of hydrogen-bond donors (Lipinski definition) is 2. The van der Waals surface area contributed by atoms with Crippen LogP contribution in [0.2, 0.25) is 0 Å². The molecule has 0 spiro atoms. The third kappa shape index (κ3) is 33.7.